The number of furan rings is 1. The molecule has 9 heteroatoms. The Morgan fingerprint density at radius 2 is 2.25 bits per heavy atom. The van der Waals surface area contributed by atoms with Gasteiger partial charge in [-0.15, -0.1) is 0 Å². The molecule has 2 N–H and O–H groups in total. The minimum atomic E-state index is -3.22. The summed E-state index contributed by atoms with van der Waals surface area (Å²) in [4.78, 5) is 14.1. The van der Waals surface area contributed by atoms with Gasteiger partial charge in [0.25, 0.3) is 0 Å². The van der Waals surface area contributed by atoms with Crippen LogP contribution in [0, 0.1) is 0 Å². The third-order valence-electron chi connectivity index (χ3n) is 4.14. The SMILES string of the molecule is CN(C)C(CNC(=O)NC1CCCN(S(C)(=O)=O)C1)c1ccco1. The number of carbonyl (C=O) groups excluding carboxylic acids is 1. The van der Waals surface area contributed by atoms with E-state index in [2.05, 4.69) is 10.6 Å². The van der Waals surface area contributed by atoms with Gasteiger partial charge >= 0.3 is 6.03 Å². The third kappa shape index (κ3) is 5.22. The molecule has 0 radical (unpaired) electrons. The molecule has 136 valence electrons. The minimum absolute atomic E-state index is 0.0652. The lowest BCUT2D eigenvalue weighted by Crippen LogP contribution is -2.52. The van der Waals surface area contributed by atoms with Crippen molar-refractivity contribution in [2.45, 2.75) is 24.9 Å². The number of hydrogen-bond donors (Lipinski definition) is 2. The minimum Gasteiger partial charge on any atom is -0.468 e. The van der Waals surface area contributed by atoms with E-state index < -0.39 is 10.0 Å². The van der Waals surface area contributed by atoms with Crippen LogP contribution in [0.1, 0.15) is 24.6 Å². The predicted molar refractivity (Wildman–Crippen MR) is 91.1 cm³/mol. The van der Waals surface area contributed by atoms with E-state index in [1.165, 1.54) is 10.6 Å². The fourth-order valence-electron chi connectivity index (χ4n) is 2.81. The molecule has 0 bridgehead atoms. The van der Waals surface area contributed by atoms with Crippen molar-refractivity contribution in [1.82, 2.24) is 19.8 Å². The summed E-state index contributed by atoms with van der Waals surface area (Å²) in [6.07, 6.45) is 4.31. The molecule has 0 saturated carbocycles. The highest BCUT2D eigenvalue weighted by Gasteiger charge is 2.27. The zero-order chi connectivity index (χ0) is 17.7. The summed E-state index contributed by atoms with van der Waals surface area (Å²) in [7, 11) is 0.611. The number of sulfonamides is 1. The predicted octanol–water partition coefficient (Wildman–Crippen LogP) is 0.606. The summed E-state index contributed by atoms with van der Waals surface area (Å²) < 4.78 is 30.1. The molecule has 1 aliphatic heterocycles. The van der Waals surface area contributed by atoms with Crippen LogP contribution in [0.4, 0.5) is 4.79 Å². The standard InChI is InChI=1S/C15H26N4O4S/c1-18(2)13(14-7-5-9-23-14)10-16-15(20)17-12-6-4-8-19(11-12)24(3,21)22/h5,7,9,12-13H,4,6,8,10-11H2,1-3H3,(H2,16,17,20). The molecule has 2 amide bonds. The molecule has 0 spiro atoms. The molecule has 2 rings (SSSR count). The van der Waals surface area contributed by atoms with Crippen molar-refractivity contribution in [3.05, 3.63) is 24.2 Å². The Labute approximate surface area is 143 Å². The third-order valence-corrected chi connectivity index (χ3v) is 5.41. The highest BCUT2D eigenvalue weighted by molar-refractivity contribution is 7.88. The number of urea groups is 1. The van der Waals surface area contributed by atoms with E-state index in [0.29, 0.717) is 19.6 Å². The average molecular weight is 358 g/mol. The summed E-state index contributed by atoms with van der Waals surface area (Å²) in [6.45, 7) is 1.23. The highest BCUT2D eigenvalue weighted by Crippen LogP contribution is 2.17. The Kier molecular flexibility index (Phi) is 6.25. The van der Waals surface area contributed by atoms with Crippen molar-refractivity contribution in [2.75, 3.05) is 40.0 Å². The Balaban J connectivity index is 1.84. The van der Waals surface area contributed by atoms with Crippen molar-refractivity contribution in [2.24, 2.45) is 0 Å². The molecule has 2 atom stereocenters. The van der Waals surface area contributed by atoms with E-state index in [-0.39, 0.29) is 18.1 Å². The number of rotatable bonds is 6. The number of carbonyl (C=O) groups is 1. The largest absolute Gasteiger partial charge is 0.468 e. The van der Waals surface area contributed by atoms with E-state index in [9.17, 15) is 13.2 Å². The second kappa shape index (κ2) is 8.00. The molecule has 24 heavy (non-hydrogen) atoms. The van der Waals surface area contributed by atoms with E-state index in [4.69, 9.17) is 4.42 Å². The Hall–Kier alpha value is -1.58. The summed E-state index contributed by atoms with van der Waals surface area (Å²) in [6, 6.07) is 3.15. The lowest BCUT2D eigenvalue weighted by atomic mass is 10.1. The van der Waals surface area contributed by atoms with Crippen LogP contribution in [-0.2, 0) is 10.0 Å². The molecule has 1 aromatic heterocycles. The topological polar surface area (TPSA) is 94.9 Å². The van der Waals surface area contributed by atoms with Gasteiger partial charge in [-0.2, -0.15) is 0 Å². The molecule has 1 aliphatic rings. The zero-order valence-electron chi connectivity index (χ0n) is 14.4. The number of nitrogens with one attached hydrogen (secondary N) is 2. The molecule has 1 saturated heterocycles. The van der Waals surface area contributed by atoms with Crippen LogP contribution >= 0.6 is 0 Å². The van der Waals surface area contributed by atoms with Gasteiger partial charge in [0.15, 0.2) is 0 Å². The lowest BCUT2D eigenvalue weighted by molar-refractivity contribution is 0.214. The Bertz CT molecular complexity index is 630. The van der Waals surface area contributed by atoms with E-state index >= 15 is 0 Å². The van der Waals surface area contributed by atoms with Crippen LogP contribution in [0.15, 0.2) is 22.8 Å². The normalized spacial score (nSPS) is 20.8. The van der Waals surface area contributed by atoms with Crippen LogP contribution in [0.3, 0.4) is 0 Å². The van der Waals surface area contributed by atoms with Crippen molar-refractivity contribution < 1.29 is 17.6 Å². The van der Waals surface area contributed by atoms with Crippen LogP contribution in [0.5, 0.6) is 0 Å². The molecular weight excluding hydrogens is 332 g/mol. The van der Waals surface area contributed by atoms with Gasteiger partial charge in [-0.05, 0) is 39.1 Å². The first-order chi connectivity index (χ1) is 11.3. The van der Waals surface area contributed by atoms with Gasteiger partial charge < -0.3 is 15.1 Å². The van der Waals surface area contributed by atoms with Gasteiger partial charge in [0, 0.05) is 25.7 Å². The molecule has 2 heterocycles. The van der Waals surface area contributed by atoms with Crippen molar-refractivity contribution in [3.63, 3.8) is 0 Å². The van der Waals surface area contributed by atoms with Crippen LogP contribution in [0.25, 0.3) is 0 Å². The first-order valence-corrected chi connectivity index (χ1v) is 9.81. The maximum absolute atomic E-state index is 12.1. The maximum Gasteiger partial charge on any atom is 0.315 e. The van der Waals surface area contributed by atoms with Crippen LogP contribution in [0.2, 0.25) is 0 Å². The lowest BCUT2D eigenvalue weighted by Gasteiger charge is -2.31. The van der Waals surface area contributed by atoms with Gasteiger partial charge in [-0.25, -0.2) is 17.5 Å². The van der Waals surface area contributed by atoms with E-state index in [1.54, 1.807) is 6.26 Å². The second-order valence-corrected chi connectivity index (χ2v) is 8.29. The van der Waals surface area contributed by atoms with Crippen LogP contribution in [-0.4, -0.2) is 69.7 Å². The molecular formula is C15H26N4O4S. The fraction of sp³-hybridized carbons (Fsp3) is 0.667. The number of hydrogen-bond acceptors (Lipinski definition) is 5. The monoisotopic (exact) mass is 358 g/mol. The quantitative estimate of drug-likeness (QED) is 0.777. The van der Waals surface area contributed by atoms with Gasteiger partial charge in [-0.1, -0.05) is 0 Å². The molecule has 0 aliphatic carbocycles. The molecule has 2 unspecified atom stereocenters. The van der Waals surface area contributed by atoms with Crippen molar-refractivity contribution in [3.8, 4) is 0 Å². The molecule has 1 fully saturated rings. The second-order valence-electron chi connectivity index (χ2n) is 6.31. The fourth-order valence-corrected chi connectivity index (χ4v) is 3.72. The first kappa shape index (κ1) is 18.8. The first-order valence-electron chi connectivity index (χ1n) is 7.96. The molecule has 0 aromatic carbocycles. The van der Waals surface area contributed by atoms with E-state index in [0.717, 1.165) is 18.6 Å². The smallest absolute Gasteiger partial charge is 0.315 e. The zero-order valence-corrected chi connectivity index (χ0v) is 15.2. The number of nitrogens with zero attached hydrogens (tertiary/aromatic N) is 2. The maximum atomic E-state index is 12.1. The van der Waals surface area contributed by atoms with Crippen molar-refractivity contribution in [1.29, 1.82) is 0 Å². The van der Waals surface area contributed by atoms with Gasteiger partial charge in [-0.3, -0.25) is 4.90 Å². The molecule has 1 aromatic rings. The summed E-state index contributed by atoms with van der Waals surface area (Å²) in [5.41, 5.74) is 0. The van der Waals surface area contributed by atoms with Crippen LogP contribution < -0.4 is 10.6 Å². The summed E-state index contributed by atoms with van der Waals surface area (Å²) in [5, 5.41) is 5.69. The van der Waals surface area contributed by atoms with Gasteiger partial charge in [0.1, 0.15) is 5.76 Å². The summed E-state index contributed by atoms with van der Waals surface area (Å²) in [5.74, 6) is 0.779. The number of amides is 2. The Morgan fingerprint density at radius 3 is 2.83 bits per heavy atom. The highest BCUT2D eigenvalue weighted by atomic mass is 32.2. The van der Waals surface area contributed by atoms with Gasteiger partial charge in [0.05, 0.1) is 18.6 Å². The molecule has 8 nitrogen and oxygen atoms in total. The number of likely N-dealkylation sites (N-methyl/N-ethyl adjacent to an activating group) is 1. The van der Waals surface area contributed by atoms with Crippen molar-refractivity contribution >= 4 is 16.1 Å². The Morgan fingerprint density at radius 1 is 1.50 bits per heavy atom. The number of piperidine rings is 1. The average Bonchev–Trinajstić information content (AvgIpc) is 3.00. The van der Waals surface area contributed by atoms with E-state index in [1.807, 2.05) is 31.1 Å². The van der Waals surface area contributed by atoms with Gasteiger partial charge in [0.2, 0.25) is 10.0 Å². The summed E-state index contributed by atoms with van der Waals surface area (Å²) >= 11 is 0.